The van der Waals surface area contributed by atoms with Gasteiger partial charge in [0.1, 0.15) is 0 Å². The number of amides is 1. The Morgan fingerprint density at radius 2 is 1.79 bits per heavy atom. The minimum atomic E-state index is -0.653. The van der Waals surface area contributed by atoms with Gasteiger partial charge in [0.25, 0.3) is 0 Å². The number of hydrogen-bond donors (Lipinski definition) is 0. The summed E-state index contributed by atoms with van der Waals surface area (Å²) in [7, 11) is 1.44. The third-order valence-electron chi connectivity index (χ3n) is 6.22. The van der Waals surface area contributed by atoms with Gasteiger partial charge < -0.3 is 9.64 Å². The first-order chi connectivity index (χ1) is 13.5. The molecule has 1 aliphatic carbocycles. The molecule has 5 heteroatoms. The van der Waals surface area contributed by atoms with Gasteiger partial charge in [0.05, 0.1) is 12.5 Å². The van der Waals surface area contributed by atoms with Crippen LogP contribution in [0, 0.1) is 5.92 Å². The number of piperidine rings is 1. The molecule has 2 unspecified atom stereocenters. The van der Waals surface area contributed by atoms with Crippen molar-refractivity contribution in [3.8, 4) is 0 Å². The fourth-order valence-electron chi connectivity index (χ4n) is 4.48. The van der Waals surface area contributed by atoms with Crippen LogP contribution < -0.4 is 0 Å². The topological polar surface area (TPSA) is 46.6 Å². The third kappa shape index (κ3) is 3.48. The van der Waals surface area contributed by atoms with E-state index in [1.807, 2.05) is 47.4 Å². The zero-order valence-electron chi connectivity index (χ0n) is 15.9. The van der Waals surface area contributed by atoms with Crippen LogP contribution >= 0.6 is 15.9 Å². The Labute approximate surface area is 174 Å². The predicted octanol–water partition coefficient (Wildman–Crippen LogP) is 4.29. The van der Waals surface area contributed by atoms with Crippen LogP contribution in [0.4, 0.5) is 0 Å². The number of halogens is 1. The van der Waals surface area contributed by atoms with Gasteiger partial charge in [-0.15, -0.1) is 0 Å². The molecule has 4 rings (SSSR count). The molecule has 0 N–H and O–H groups in total. The second kappa shape index (κ2) is 7.70. The Morgan fingerprint density at radius 3 is 2.43 bits per heavy atom. The van der Waals surface area contributed by atoms with Gasteiger partial charge in [-0.05, 0) is 48.4 Å². The van der Waals surface area contributed by atoms with Gasteiger partial charge in [-0.3, -0.25) is 9.59 Å². The van der Waals surface area contributed by atoms with Crippen molar-refractivity contribution in [2.24, 2.45) is 5.92 Å². The first-order valence-corrected chi connectivity index (χ1v) is 10.5. The Kier molecular flexibility index (Phi) is 5.28. The monoisotopic (exact) mass is 441 g/mol. The summed E-state index contributed by atoms with van der Waals surface area (Å²) >= 11 is 3.51. The summed E-state index contributed by atoms with van der Waals surface area (Å²) in [6.45, 7) is 1.18. The quantitative estimate of drug-likeness (QED) is 0.664. The molecule has 1 amide bonds. The van der Waals surface area contributed by atoms with Gasteiger partial charge in [0, 0.05) is 23.5 Å². The Morgan fingerprint density at radius 1 is 1.07 bits per heavy atom. The summed E-state index contributed by atoms with van der Waals surface area (Å²) in [6, 6.07) is 18.0. The summed E-state index contributed by atoms with van der Waals surface area (Å²) in [5.41, 5.74) is 1.55. The fourth-order valence-corrected chi connectivity index (χ4v) is 4.90. The lowest BCUT2D eigenvalue weighted by atomic mass is 9.72. The van der Waals surface area contributed by atoms with Gasteiger partial charge in [-0.2, -0.15) is 0 Å². The van der Waals surface area contributed by atoms with E-state index in [2.05, 4.69) is 28.1 Å². The molecular formula is C23H24BrNO3. The molecule has 0 radical (unpaired) electrons. The SMILES string of the molecule is COC(=O)C1(c2ccccc2)CCN(C(=O)C2CC2c2cccc(Br)c2)CC1. The normalized spacial score (nSPS) is 23.1. The number of carbonyl (C=O) groups excluding carboxylic acids is 2. The highest BCUT2D eigenvalue weighted by Gasteiger charge is 2.49. The predicted molar refractivity (Wildman–Crippen MR) is 111 cm³/mol. The van der Waals surface area contributed by atoms with Crippen molar-refractivity contribution in [2.75, 3.05) is 20.2 Å². The molecule has 4 nitrogen and oxygen atoms in total. The summed E-state index contributed by atoms with van der Waals surface area (Å²) in [5, 5.41) is 0. The maximum atomic E-state index is 13.0. The van der Waals surface area contributed by atoms with Gasteiger partial charge in [0.15, 0.2) is 0 Å². The highest BCUT2D eigenvalue weighted by atomic mass is 79.9. The average molecular weight is 442 g/mol. The molecule has 0 bridgehead atoms. The van der Waals surface area contributed by atoms with Crippen molar-refractivity contribution in [3.63, 3.8) is 0 Å². The summed E-state index contributed by atoms with van der Waals surface area (Å²) < 4.78 is 6.19. The fraction of sp³-hybridized carbons (Fsp3) is 0.391. The molecule has 0 aromatic heterocycles. The number of carbonyl (C=O) groups is 2. The van der Waals surface area contributed by atoms with Crippen LogP contribution in [0.25, 0.3) is 0 Å². The highest BCUT2D eigenvalue weighted by molar-refractivity contribution is 9.10. The molecule has 1 heterocycles. The van der Waals surface area contributed by atoms with E-state index in [0.717, 1.165) is 16.5 Å². The standard InChI is InChI=1S/C23H24BrNO3/c1-28-22(27)23(17-7-3-2-4-8-17)10-12-25(13-11-23)21(26)20-15-19(20)16-6-5-9-18(24)14-16/h2-9,14,19-20H,10-13,15H2,1H3. The maximum Gasteiger partial charge on any atom is 0.316 e. The number of methoxy groups -OCH3 is 1. The van der Waals surface area contributed by atoms with Crippen molar-refractivity contribution in [1.29, 1.82) is 0 Å². The molecule has 1 saturated heterocycles. The van der Waals surface area contributed by atoms with Crippen molar-refractivity contribution in [2.45, 2.75) is 30.6 Å². The Bertz CT molecular complexity index is 874. The van der Waals surface area contributed by atoms with E-state index in [-0.39, 0.29) is 17.8 Å². The highest BCUT2D eigenvalue weighted by Crippen LogP contribution is 2.49. The van der Waals surface area contributed by atoms with E-state index in [1.165, 1.54) is 12.7 Å². The van der Waals surface area contributed by atoms with Crippen LogP contribution in [0.3, 0.4) is 0 Å². The van der Waals surface area contributed by atoms with E-state index >= 15 is 0 Å². The van der Waals surface area contributed by atoms with Crippen LogP contribution in [-0.4, -0.2) is 37.0 Å². The molecule has 1 aliphatic heterocycles. The minimum absolute atomic E-state index is 0.0663. The molecule has 2 aromatic rings. The van der Waals surface area contributed by atoms with Crippen LogP contribution in [0.5, 0.6) is 0 Å². The van der Waals surface area contributed by atoms with E-state index in [0.29, 0.717) is 31.8 Å². The maximum absolute atomic E-state index is 13.0. The Balaban J connectivity index is 1.45. The van der Waals surface area contributed by atoms with Crippen molar-refractivity contribution >= 4 is 27.8 Å². The van der Waals surface area contributed by atoms with Crippen LogP contribution in [-0.2, 0) is 19.7 Å². The van der Waals surface area contributed by atoms with E-state index in [1.54, 1.807) is 0 Å². The zero-order valence-corrected chi connectivity index (χ0v) is 17.5. The lowest BCUT2D eigenvalue weighted by Gasteiger charge is -2.40. The van der Waals surface area contributed by atoms with Crippen molar-refractivity contribution < 1.29 is 14.3 Å². The average Bonchev–Trinajstić information content (AvgIpc) is 3.54. The van der Waals surface area contributed by atoms with Crippen molar-refractivity contribution in [1.82, 2.24) is 4.90 Å². The zero-order chi connectivity index (χ0) is 19.7. The largest absolute Gasteiger partial charge is 0.468 e. The molecule has 0 spiro atoms. The lowest BCUT2D eigenvalue weighted by molar-refractivity contribution is -0.151. The van der Waals surface area contributed by atoms with E-state index in [4.69, 9.17) is 4.74 Å². The molecular weight excluding hydrogens is 418 g/mol. The molecule has 2 fully saturated rings. The molecule has 2 aromatic carbocycles. The summed E-state index contributed by atoms with van der Waals surface area (Å²) in [5.74, 6) is 0.392. The second-order valence-electron chi connectivity index (χ2n) is 7.77. The van der Waals surface area contributed by atoms with Gasteiger partial charge in [0.2, 0.25) is 5.91 Å². The van der Waals surface area contributed by atoms with E-state index in [9.17, 15) is 9.59 Å². The molecule has 1 saturated carbocycles. The van der Waals surface area contributed by atoms with E-state index < -0.39 is 5.41 Å². The van der Waals surface area contributed by atoms with Crippen LogP contribution in [0.2, 0.25) is 0 Å². The number of hydrogen-bond acceptors (Lipinski definition) is 3. The van der Waals surface area contributed by atoms with Crippen LogP contribution in [0.1, 0.15) is 36.3 Å². The number of ether oxygens (including phenoxy) is 1. The summed E-state index contributed by atoms with van der Waals surface area (Å²) in [4.78, 5) is 27.6. The van der Waals surface area contributed by atoms with Gasteiger partial charge in [-0.25, -0.2) is 0 Å². The second-order valence-corrected chi connectivity index (χ2v) is 8.68. The number of benzene rings is 2. The number of nitrogens with zero attached hydrogens (tertiary/aromatic N) is 1. The summed E-state index contributed by atoms with van der Waals surface area (Å²) in [6.07, 6.45) is 2.11. The van der Waals surface area contributed by atoms with Gasteiger partial charge >= 0.3 is 5.97 Å². The first-order valence-electron chi connectivity index (χ1n) is 9.73. The smallest absolute Gasteiger partial charge is 0.316 e. The first kappa shape index (κ1) is 19.2. The Hall–Kier alpha value is -2.14. The van der Waals surface area contributed by atoms with Crippen LogP contribution in [0.15, 0.2) is 59.1 Å². The number of likely N-dealkylation sites (tertiary alicyclic amines) is 1. The molecule has 146 valence electrons. The third-order valence-corrected chi connectivity index (χ3v) is 6.71. The molecule has 2 aliphatic rings. The minimum Gasteiger partial charge on any atom is -0.468 e. The number of esters is 1. The molecule has 28 heavy (non-hydrogen) atoms. The van der Waals surface area contributed by atoms with Gasteiger partial charge in [-0.1, -0.05) is 58.4 Å². The molecule has 2 atom stereocenters. The lowest BCUT2D eigenvalue weighted by Crippen LogP contribution is -2.50. The number of rotatable bonds is 4. The van der Waals surface area contributed by atoms with Crippen molar-refractivity contribution in [3.05, 3.63) is 70.2 Å².